The van der Waals surface area contributed by atoms with Gasteiger partial charge in [-0.3, -0.25) is 4.79 Å². The summed E-state index contributed by atoms with van der Waals surface area (Å²) in [6, 6.07) is 8.09. The molecule has 3 rings (SSSR count). The lowest BCUT2D eigenvalue weighted by Gasteiger charge is -2.04. The second kappa shape index (κ2) is 10.5. The minimum Gasteiger partial charge on any atom is -0.351 e. The van der Waals surface area contributed by atoms with Crippen LogP contribution in [0.15, 0.2) is 29.6 Å². The van der Waals surface area contributed by atoms with Crippen molar-refractivity contribution in [3.63, 3.8) is 0 Å². The summed E-state index contributed by atoms with van der Waals surface area (Å²) in [4.78, 5) is 21.0. The molecule has 26 heavy (non-hydrogen) atoms. The van der Waals surface area contributed by atoms with Crippen LogP contribution in [-0.2, 0) is 19.9 Å². The van der Waals surface area contributed by atoms with Gasteiger partial charge in [0.2, 0.25) is 0 Å². The Morgan fingerprint density at radius 3 is 2.73 bits per heavy atom. The highest BCUT2D eigenvalue weighted by molar-refractivity contribution is 7.09. The Hall–Kier alpha value is -1.67. The normalized spacial score (nSPS) is 10.2. The van der Waals surface area contributed by atoms with E-state index >= 15 is 0 Å². The van der Waals surface area contributed by atoms with Crippen LogP contribution in [0.5, 0.6) is 0 Å². The molecule has 0 saturated heterocycles. The number of hydrogen-bond donors (Lipinski definition) is 2. The van der Waals surface area contributed by atoms with Crippen molar-refractivity contribution in [2.45, 2.75) is 19.3 Å². The number of imidazole rings is 1. The van der Waals surface area contributed by atoms with Gasteiger partial charge in [-0.1, -0.05) is 12.1 Å². The fourth-order valence-corrected chi connectivity index (χ4v) is 3.41. The summed E-state index contributed by atoms with van der Waals surface area (Å²) in [5, 5.41) is 5.60. The Bertz CT molecular complexity index is 849. The lowest BCUT2D eigenvalue weighted by atomic mass is 10.3. The predicted molar refractivity (Wildman–Crippen MR) is 111 cm³/mol. The van der Waals surface area contributed by atoms with Crippen molar-refractivity contribution >= 4 is 53.1 Å². The number of nitrogens with zero attached hydrogens (tertiary/aromatic N) is 3. The van der Waals surface area contributed by atoms with Crippen LogP contribution < -0.4 is 11.1 Å². The number of carbonyl (C=O) groups excluding carboxylic acids is 1. The molecule has 6 nitrogen and oxygen atoms in total. The van der Waals surface area contributed by atoms with Crippen molar-refractivity contribution in [3.8, 4) is 0 Å². The maximum Gasteiger partial charge on any atom is 0.270 e. The molecule has 0 fully saturated rings. The monoisotopic (exact) mass is 415 g/mol. The molecule has 0 atom stereocenters. The first-order valence-electron chi connectivity index (χ1n) is 8.02. The van der Waals surface area contributed by atoms with Crippen LogP contribution in [0.4, 0.5) is 0 Å². The van der Waals surface area contributed by atoms with E-state index in [1.54, 1.807) is 5.38 Å². The Kier molecular flexibility index (Phi) is 9.01. The molecule has 0 unspecified atom stereocenters. The van der Waals surface area contributed by atoms with E-state index < -0.39 is 0 Å². The molecular weight excluding hydrogens is 393 g/mol. The Balaban J connectivity index is 0.00000169. The molecule has 1 aromatic carbocycles. The number of fused-ring (bicyclic) bond motifs is 1. The minimum absolute atomic E-state index is 0. The van der Waals surface area contributed by atoms with Crippen LogP contribution in [0.3, 0.4) is 0 Å². The highest BCUT2D eigenvalue weighted by Crippen LogP contribution is 2.15. The number of amides is 1. The van der Waals surface area contributed by atoms with Crippen molar-refractivity contribution in [3.05, 3.63) is 46.2 Å². The van der Waals surface area contributed by atoms with E-state index in [1.807, 2.05) is 25.2 Å². The van der Waals surface area contributed by atoms with Crippen LogP contribution in [0.25, 0.3) is 11.0 Å². The number of carbonyl (C=O) groups is 1. The van der Waals surface area contributed by atoms with E-state index in [-0.39, 0.29) is 30.7 Å². The average molecular weight is 416 g/mol. The van der Waals surface area contributed by atoms with Crippen molar-refractivity contribution < 1.29 is 4.79 Å². The quantitative estimate of drug-likeness (QED) is 0.580. The van der Waals surface area contributed by atoms with E-state index in [0.717, 1.165) is 34.7 Å². The summed E-state index contributed by atoms with van der Waals surface area (Å²) >= 11 is 1.48. The molecule has 0 aliphatic carbocycles. The smallest absolute Gasteiger partial charge is 0.270 e. The molecule has 3 N–H and O–H groups in total. The van der Waals surface area contributed by atoms with Gasteiger partial charge in [0.25, 0.3) is 5.91 Å². The van der Waals surface area contributed by atoms with Gasteiger partial charge in [-0.25, -0.2) is 9.97 Å². The SMILES string of the molecule is Cl.Cl.Cn1c(CCCNC(=O)c2csc(CCN)n2)nc2ccccc21. The van der Waals surface area contributed by atoms with Crippen molar-refractivity contribution in [2.24, 2.45) is 12.8 Å². The van der Waals surface area contributed by atoms with Gasteiger partial charge in [-0.05, 0) is 25.1 Å². The van der Waals surface area contributed by atoms with Crippen LogP contribution in [-0.4, -0.2) is 33.5 Å². The van der Waals surface area contributed by atoms with Crippen LogP contribution in [0.1, 0.15) is 27.7 Å². The largest absolute Gasteiger partial charge is 0.351 e. The summed E-state index contributed by atoms with van der Waals surface area (Å²) in [5.41, 5.74) is 8.11. The molecule has 0 saturated carbocycles. The molecule has 1 amide bonds. The van der Waals surface area contributed by atoms with E-state index in [9.17, 15) is 4.79 Å². The lowest BCUT2D eigenvalue weighted by molar-refractivity contribution is 0.0948. The molecule has 9 heteroatoms. The zero-order chi connectivity index (χ0) is 16.9. The van der Waals surface area contributed by atoms with Gasteiger partial charge < -0.3 is 15.6 Å². The third-order valence-corrected chi connectivity index (χ3v) is 4.79. The number of rotatable bonds is 7. The van der Waals surface area contributed by atoms with Crippen molar-refractivity contribution in [1.82, 2.24) is 19.9 Å². The number of benzene rings is 1. The number of para-hydroxylation sites is 2. The molecule has 3 aromatic rings. The topological polar surface area (TPSA) is 85.8 Å². The number of aryl methyl sites for hydroxylation is 2. The number of nitrogens with one attached hydrogen (secondary N) is 1. The molecule has 0 bridgehead atoms. The van der Waals surface area contributed by atoms with E-state index in [0.29, 0.717) is 25.2 Å². The first-order valence-corrected chi connectivity index (χ1v) is 8.90. The minimum atomic E-state index is -0.125. The number of halogens is 2. The molecule has 0 aliphatic rings. The van der Waals surface area contributed by atoms with Crippen molar-refractivity contribution in [1.29, 1.82) is 0 Å². The Morgan fingerprint density at radius 1 is 1.23 bits per heavy atom. The zero-order valence-electron chi connectivity index (χ0n) is 14.5. The van der Waals surface area contributed by atoms with Crippen LogP contribution in [0.2, 0.25) is 0 Å². The highest BCUT2D eigenvalue weighted by atomic mass is 35.5. The van der Waals surface area contributed by atoms with Gasteiger partial charge in [0.1, 0.15) is 11.5 Å². The van der Waals surface area contributed by atoms with Gasteiger partial charge in [0, 0.05) is 31.8 Å². The second-order valence-electron chi connectivity index (χ2n) is 5.60. The zero-order valence-corrected chi connectivity index (χ0v) is 16.9. The first-order chi connectivity index (χ1) is 11.7. The molecule has 0 radical (unpaired) electrons. The van der Waals surface area contributed by atoms with Crippen LogP contribution >= 0.6 is 36.2 Å². The third kappa shape index (κ3) is 5.17. The van der Waals surface area contributed by atoms with Gasteiger partial charge in [-0.15, -0.1) is 36.2 Å². The summed E-state index contributed by atoms with van der Waals surface area (Å²) in [7, 11) is 2.03. The molecular formula is C17H23Cl2N5OS. The van der Waals surface area contributed by atoms with E-state index in [2.05, 4.69) is 25.9 Å². The third-order valence-electron chi connectivity index (χ3n) is 3.89. The van der Waals surface area contributed by atoms with Crippen molar-refractivity contribution in [2.75, 3.05) is 13.1 Å². The van der Waals surface area contributed by atoms with Crippen LogP contribution in [0, 0.1) is 0 Å². The standard InChI is InChI=1S/C17H21N5OS.2ClH/c1-22-14-6-3-2-5-12(14)20-15(22)7-4-10-19-17(23)13-11-24-16(21-13)8-9-18;;/h2-3,5-6,11H,4,7-10,18H2,1H3,(H,19,23);2*1H. The molecule has 2 heterocycles. The number of aromatic nitrogens is 3. The maximum absolute atomic E-state index is 12.1. The highest BCUT2D eigenvalue weighted by Gasteiger charge is 2.11. The summed E-state index contributed by atoms with van der Waals surface area (Å²) in [6.07, 6.45) is 2.37. The summed E-state index contributed by atoms with van der Waals surface area (Å²) < 4.78 is 2.11. The van der Waals surface area contributed by atoms with E-state index in [1.165, 1.54) is 11.3 Å². The Morgan fingerprint density at radius 2 is 2.00 bits per heavy atom. The fraction of sp³-hybridized carbons (Fsp3) is 0.353. The Labute approximate surface area is 169 Å². The maximum atomic E-state index is 12.1. The van der Waals surface area contributed by atoms with E-state index in [4.69, 9.17) is 5.73 Å². The number of thiazole rings is 1. The molecule has 0 aliphatic heterocycles. The van der Waals surface area contributed by atoms with Gasteiger partial charge >= 0.3 is 0 Å². The molecule has 0 spiro atoms. The second-order valence-corrected chi connectivity index (χ2v) is 6.54. The first kappa shape index (κ1) is 22.4. The van der Waals surface area contributed by atoms with Gasteiger partial charge in [0.15, 0.2) is 0 Å². The summed E-state index contributed by atoms with van der Waals surface area (Å²) in [6.45, 7) is 1.15. The number of nitrogens with two attached hydrogens (primary N) is 1. The fourth-order valence-electron chi connectivity index (χ4n) is 2.61. The predicted octanol–water partition coefficient (Wildman–Crippen LogP) is 2.74. The number of hydrogen-bond acceptors (Lipinski definition) is 5. The average Bonchev–Trinajstić information content (AvgIpc) is 3.18. The van der Waals surface area contributed by atoms with Gasteiger partial charge in [0.05, 0.1) is 16.0 Å². The molecule has 142 valence electrons. The molecule has 2 aromatic heterocycles. The lowest BCUT2D eigenvalue weighted by Crippen LogP contribution is -2.25. The summed E-state index contributed by atoms with van der Waals surface area (Å²) in [5.74, 6) is 0.906. The van der Waals surface area contributed by atoms with Gasteiger partial charge in [-0.2, -0.15) is 0 Å².